The van der Waals surface area contributed by atoms with Crippen molar-refractivity contribution in [3.8, 4) is 0 Å². The fraction of sp³-hybridized carbons (Fsp3) is 0.500. The quantitative estimate of drug-likeness (QED) is 0.742. The molecule has 1 N–H and O–H groups in total. The van der Waals surface area contributed by atoms with Gasteiger partial charge in [-0.15, -0.1) is 0 Å². The molecule has 21 heavy (non-hydrogen) atoms. The van der Waals surface area contributed by atoms with E-state index >= 15 is 0 Å². The van der Waals surface area contributed by atoms with E-state index in [1.807, 2.05) is 19.1 Å². The highest BCUT2D eigenvalue weighted by Crippen LogP contribution is 2.08. The molecule has 0 heterocycles. The summed E-state index contributed by atoms with van der Waals surface area (Å²) >= 11 is 0. The lowest BCUT2D eigenvalue weighted by Gasteiger charge is -2.22. The Morgan fingerprint density at radius 1 is 1.19 bits per heavy atom. The van der Waals surface area contributed by atoms with Crippen LogP contribution in [0.2, 0.25) is 0 Å². The first kappa shape index (κ1) is 17.2. The molecule has 0 saturated carbocycles. The van der Waals surface area contributed by atoms with Gasteiger partial charge >= 0.3 is 5.97 Å². The number of aliphatic hydroxyl groups excluding tert-OH is 1. The number of nitrogens with zero attached hydrogens (tertiary/aromatic N) is 1. The van der Waals surface area contributed by atoms with Crippen LogP contribution in [0.15, 0.2) is 24.3 Å². The number of benzene rings is 1. The van der Waals surface area contributed by atoms with E-state index in [0.717, 1.165) is 5.56 Å². The minimum absolute atomic E-state index is 0.0110. The van der Waals surface area contributed by atoms with Crippen LogP contribution in [0.5, 0.6) is 0 Å². The predicted molar refractivity (Wildman–Crippen MR) is 80.0 cm³/mol. The van der Waals surface area contributed by atoms with E-state index in [0.29, 0.717) is 31.7 Å². The second-order valence-corrected chi connectivity index (χ2v) is 4.79. The zero-order valence-corrected chi connectivity index (χ0v) is 12.7. The van der Waals surface area contributed by atoms with Gasteiger partial charge in [0.2, 0.25) is 0 Å². The van der Waals surface area contributed by atoms with Gasteiger partial charge in [0.15, 0.2) is 0 Å². The highest BCUT2D eigenvalue weighted by molar-refractivity contribution is 5.94. The number of hydrogen-bond acceptors (Lipinski definition) is 4. The highest BCUT2D eigenvalue weighted by atomic mass is 16.5. The maximum atomic E-state index is 12.4. The molecule has 0 aliphatic heterocycles. The highest BCUT2D eigenvalue weighted by Gasteiger charge is 2.16. The Bertz CT molecular complexity index is 456. The molecule has 116 valence electrons. The standard InChI is InChI=1S/C16H23NO4/c1-3-21-15(19)9-11-17(10-4-12-18)16(20)14-7-5-13(2)6-8-14/h5-8,18H,3-4,9-12H2,1-2H3. The average Bonchev–Trinajstić information content (AvgIpc) is 2.48. The predicted octanol–water partition coefficient (Wildman–Crippen LogP) is 1.77. The van der Waals surface area contributed by atoms with Crippen LogP contribution in [-0.2, 0) is 9.53 Å². The third kappa shape index (κ3) is 5.95. The molecule has 1 aromatic carbocycles. The third-order valence-electron chi connectivity index (χ3n) is 3.06. The molecule has 0 radical (unpaired) electrons. The Labute approximate surface area is 125 Å². The first-order chi connectivity index (χ1) is 10.1. The summed E-state index contributed by atoms with van der Waals surface area (Å²) < 4.78 is 4.87. The molecule has 0 aliphatic carbocycles. The van der Waals surface area contributed by atoms with Crippen LogP contribution in [0.25, 0.3) is 0 Å². The Kier molecular flexibility index (Phi) is 7.46. The van der Waals surface area contributed by atoms with Gasteiger partial charge in [0.25, 0.3) is 5.91 Å². The van der Waals surface area contributed by atoms with Crippen LogP contribution >= 0.6 is 0 Å². The van der Waals surface area contributed by atoms with Crippen LogP contribution in [-0.4, -0.2) is 48.2 Å². The number of hydrogen-bond donors (Lipinski definition) is 1. The van der Waals surface area contributed by atoms with Gasteiger partial charge in [-0.1, -0.05) is 17.7 Å². The molecule has 0 saturated heterocycles. The van der Waals surface area contributed by atoms with Crippen LogP contribution in [0.4, 0.5) is 0 Å². The topological polar surface area (TPSA) is 66.8 Å². The van der Waals surface area contributed by atoms with E-state index in [1.165, 1.54) is 0 Å². The largest absolute Gasteiger partial charge is 0.466 e. The van der Waals surface area contributed by atoms with Crippen molar-refractivity contribution in [2.24, 2.45) is 0 Å². The summed E-state index contributed by atoms with van der Waals surface area (Å²) in [5.41, 5.74) is 1.67. The van der Waals surface area contributed by atoms with Crippen LogP contribution in [0.3, 0.4) is 0 Å². The zero-order chi connectivity index (χ0) is 15.7. The van der Waals surface area contributed by atoms with Gasteiger partial charge in [-0.2, -0.15) is 0 Å². The van der Waals surface area contributed by atoms with Crippen molar-refractivity contribution in [2.45, 2.75) is 26.7 Å². The fourth-order valence-electron chi connectivity index (χ4n) is 1.91. The molecule has 0 aromatic heterocycles. The number of carbonyl (C=O) groups excluding carboxylic acids is 2. The summed E-state index contributed by atoms with van der Waals surface area (Å²) in [4.78, 5) is 25.4. The first-order valence-electron chi connectivity index (χ1n) is 7.21. The van der Waals surface area contributed by atoms with Crippen molar-refractivity contribution >= 4 is 11.9 Å². The van der Waals surface area contributed by atoms with E-state index in [-0.39, 0.29) is 24.9 Å². The van der Waals surface area contributed by atoms with Crippen molar-refractivity contribution < 1.29 is 19.4 Å². The number of ether oxygens (including phenoxy) is 1. The van der Waals surface area contributed by atoms with Crippen molar-refractivity contribution in [1.29, 1.82) is 0 Å². The Hall–Kier alpha value is -1.88. The van der Waals surface area contributed by atoms with E-state index in [9.17, 15) is 9.59 Å². The van der Waals surface area contributed by atoms with E-state index in [1.54, 1.807) is 24.0 Å². The summed E-state index contributed by atoms with van der Waals surface area (Å²) in [6.45, 7) is 4.77. The summed E-state index contributed by atoms with van der Waals surface area (Å²) in [6.07, 6.45) is 0.650. The van der Waals surface area contributed by atoms with Crippen molar-refractivity contribution in [3.05, 3.63) is 35.4 Å². The smallest absolute Gasteiger partial charge is 0.307 e. The molecule has 1 aromatic rings. The minimum atomic E-state index is -0.316. The first-order valence-corrected chi connectivity index (χ1v) is 7.21. The fourth-order valence-corrected chi connectivity index (χ4v) is 1.91. The van der Waals surface area contributed by atoms with Gasteiger partial charge in [0, 0.05) is 25.3 Å². The van der Waals surface area contributed by atoms with E-state index < -0.39 is 0 Å². The Morgan fingerprint density at radius 3 is 2.43 bits per heavy atom. The van der Waals surface area contributed by atoms with Gasteiger partial charge in [-0.25, -0.2) is 0 Å². The maximum Gasteiger partial charge on any atom is 0.307 e. The van der Waals surface area contributed by atoms with Crippen LogP contribution < -0.4 is 0 Å². The number of amides is 1. The number of carbonyl (C=O) groups is 2. The molecular weight excluding hydrogens is 270 g/mol. The second kappa shape index (κ2) is 9.13. The number of esters is 1. The SMILES string of the molecule is CCOC(=O)CCN(CCCO)C(=O)c1ccc(C)cc1. The summed E-state index contributed by atoms with van der Waals surface area (Å²) in [5, 5.41) is 8.94. The summed E-state index contributed by atoms with van der Waals surface area (Å²) in [5.74, 6) is -0.448. The molecule has 0 atom stereocenters. The normalized spacial score (nSPS) is 10.2. The minimum Gasteiger partial charge on any atom is -0.466 e. The third-order valence-corrected chi connectivity index (χ3v) is 3.06. The lowest BCUT2D eigenvalue weighted by Crippen LogP contribution is -2.34. The van der Waals surface area contributed by atoms with E-state index in [4.69, 9.17) is 9.84 Å². The number of rotatable bonds is 8. The summed E-state index contributed by atoms with van der Waals surface area (Å²) in [6, 6.07) is 7.30. The van der Waals surface area contributed by atoms with Gasteiger partial charge < -0.3 is 14.7 Å². The van der Waals surface area contributed by atoms with Gasteiger partial charge in [0.1, 0.15) is 0 Å². The molecule has 5 heteroatoms. The van der Waals surface area contributed by atoms with Crippen molar-refractivity contribution in [1.82, 2.24) is 4.90 Å². The van der Waals surface area contributed by atoms with Crippen LogP contribution in [0.1, 0.15) is 35.7 Å². The number of aryl methyl sites for hydroxylation is 1. The lowest BCUT2D eigenvalue weighted by atomic mass is 10.1. The van der Waals surface area contributed by atoms with Crippen molar-refractivity contribution in [2.75, 3.05) is 26.3 Å². The van der Waals surface area contributed by atoms with Crippen molar-refractivity contribution in [3.63, 3.8) is 0 Å². The number of aliphatic hydroxyl groups is 1. The molecule has 0 unspecified atom stereocenters. The van der Waals surface area contributed by atoms with Gasteiger partial charge in [0.05, 0.1) is 13.0 Å². The zero-order valence-electron chi connectivity index (χ0n) is 12.7. The molecule has 0 bridgehead atoms. The van der Waals surface area contributed by atoms with E-state index in [2.05, 4.69) is 0 Å². The van der Waals surface area contributed by atoms with Gasteiger partial charge in [-0.3, -0.25) is 9.59 Å². The maximum absolute atomic E-state index is 12.4. The molecule has 1 amide bonds. The summed E-state index contributed by atoms with van der Waals surface area (Å²) in [7, 11) is 0. The molecule has 0 spiro atoms. The Morgan fingerprint density at radius 2 is 1.86 bits per heavy atom. The Balaban J connectivity index is 2.69. The average molecular weight is 293 g/mol. The molecule has 0 fully saturated rings. The lowest BCUT2D eigenvalue weighted by molar-refractivity contribution is -0.143. The molecule has 1 rings (SSSR count). The molecule has 5 nitrogen and oxygen atoms in total. The monoisotopic (exact) mass is 293 g/mol. The van der Waals surface area contributed by atoms with Crippen LogP contribution in [0, 0.1) is 6.92 Å². The second-order valence-electron chi connectivity index (χ2n) is 4.79. The molecular formula is C16H23NO4. The van der Waals surface area contributed by atoms with Gasteiger partial charge in [-0.05, 0) is 32.4 Å². The molecule has 0 aliphatic rings.